The van der Waals surface area contributed by atoms with Gasteiger partial charge in [0.15, 0.2) is 9.84 Å². The van der Waals surface area contributed by atoms with Gasteiger partial charge in [0.2, 0.25) is 0 Å². The molecule has 4 aromatic rings. The summed E-state index contributed by atoms with van der Waals surface area (Å²) in [5, 5.41) is 15.2. The van der Waals surface area contributed by atoms with Crippen LogP contribution >= 0.6 is 11.3 Å². The Morgan fingerprint density at radius 3 is 2.80 bits per heavy atom. The van der Waals surface area contributed by atoms with Crippen LogP contribution in [0.4, 0.5) is 0 Å². The standard InChI is InChI=1S/C21H19N3O4S2/c1-30(27,28)13-15-5-2-4-14(8-15)9-16(25)10-20-23-19(12-29-20)18-11-22-21-17(18)6-3-7-24(21)26/h2-8,11-12,22H,9-10,13H2,1H3. The summed E-state index contributed by atoms with van der Waals surface area (Å²) in [4.78, 5) is 20.1. The number of nitrogens with one attached hydrogen (secondary N) is 1. The van der Waals surface area contributed by atoms with Crippen molar-refractivity contribution in [2.45, 2.75) is 18.6 Å². The van der Waals surface area contributed by atoms with E-state index in [1.807, 2.05) is 17.5 Å². The number of pyridine rings is 1. The van der Waals surface area contributed by atoms with Gasteiger partial charge in [-0.05, 0) is 23.3 Å². The van der Waals surface area contributed by atoms with Crippen LogP contribution in [-0.4, -0.2) is 30.4 Å². The van der Waals surface area contributed by atoms with Crippen LogP contribution < -0.4 is 4.73 Å². The van der Waals surface area contributed by atoms with Gasteiger partial charge in [0.1, 0.15) is 10.8 Å². The van der Waals surface area contributed by atoms with Crippen molar-refractivity contribution in [1.29, 1.82) is 0 Å². The Kier molecular flexibility index (Phi) is 5.40. The van der Waals surface area contributed by atoms with Crippen LogP contribution in [0.2, 0.25) is 0 Å². The van der Waals surface area contributed by atoms with Crippen LogP contribution in [0.15, 0.2) is 54.2 Å². The van der Waals surface area contributed by atoms with Crippen molar-refractivity contribution in [3.63, 3.8) is 0 Å². The Morgan fingerprint density at radius 2 is 2.00 bits per heavy atom. The number of carbonyl (C=O) groups excluding carboxylic acids is 1. The van der Waals surface area contributed by atoms with Gasteiger partial charge in [-0.1, -0.05) is 24.3 Å². The first-order valence-electron chi connectivity index (χ1n) is 9.20. The average molecular weight is 442 g/mol. The molecule has 0 bridgehead atoms. The zero-order valence-corrected chi connectivity index (χ0v) is 17.8. The number of aromatic amines is 1. The van der Waals surface area contributed by atoms with Crippen LogP contribution in [0.5, 0.6) is 0 Å². The summed E-state index contributed by atoms with van der Waals surface area (Å²) < 4.78 is 23.7. The number of carbonyl (C=O) groups is 1. The van der Waals surface area contributed by atoms with Crippen molar-refractivity contribution >= 4 is 38.0 Å². The molecule has 3 aromatic heterocycles. The van der Waals surface area contributed by atoms with Crippen molar-refractivity contribution in [2.24, 2.45) is 0 Å². The lowest BCUT2D eigenvalue weighted by molar-refractivity contribution is -0.579. The molecular weight excluding hydrogens is 422 g/mol. The van der Waals surface area contributed by atoms with Crippen LogP contribution in [0.3, 0.4) is 0 Å². The minimum Gasteiger partial charge on any atom is -0.711 e. The molecule has 0 aliphatic heterocycles. The maximum atomic E-state index is 12.5. The highest BCUT2D eigenvalue weighted by Gasteiger charge is 2.16. The fraction of sp³-hybridized carbons (Fsp3) is 0.190. The molecule has 4 rings (SSSR count). The SMILES string of the molecule is CS(=O)(=O)Cc1cccc(CC(=O)Cc2nc(-c3c[nH]c4c3ccc[n+]4[O-])cs2)c1. The molecule has 3 heterocycles. The molecular formula is C21H19N3O4S2. The minimum absolute atomic E-state index is 0.00346. The summed E-state index contributed by atoms with van der Waals surface area (Å²) in [5.74, 6) is -0.0393. The van der Waals surface area contributed by atoms with Crippen molar-refractivity contribution in [3.8, 4) is 11.3 Å². The molecule has 1 aromatic carbocycles. The van der Waals surface area contributed by atoms with Gasteiger partial charge in [-0.2, -0.15) is 0 Å². The van der Waals surface area contributed by atoms with E-state index in [9.17, 15) is 18.4 Å². The summed E-state index contributed by atoms with van der Waals surface area (Å²) in [6.45, 7) is 0. The fourth-order valence-corrected chi connectivity index (χ4v) is 4.99. The number of fused-ring (bicyclic) bond motifs is 1. The maximum Gasteiger partial charge on any atom is 0.290 e. The molecule has 0 radical (unpaired) electrons. The second-order valence-corrected chi connectivity index (χ2v) is 10.3. The topological polar surface area (TPSA) is 107 Å². The van der Waals surface area contributed by atoms with E-state index in [0.717, 1.165) is 26.9 Å². The fourth-order valence-electron chi connectivity index (χ4n) is 3.39. The molecule has 30 heavy (non-hydrogen) atoms. The van der Waals surface area contributed by atoms with Crippen LogP contribution in [0.25, 0.3) is 22.3 Å². The monoisotopic (exact) mass is 441 g/mol. The average Bonchev–Trinajstić information content (AvgIpc) is 3.28. The second kappa shape index (κ2) is 8.00. The molecule has 9 heteroatoms. The van der Waals surface area contributed by atoms with Gasteiger partial charge < -0.3 is 5.21 Å². The lowest BCUT2D eigenvalue weighted by Crippen LogP contribution is -2.25. The first-order valence-corrected chi connectivity index (χ1v) is 12.1. The maximum absolute atomic E-state index is 12.5. The molecule has 0 saturated carbocycles. The predicted octanol–water partition coefficient (Wildman–Crippen LogP) is 2.82. The number of hydrogen-bond donors (Lipinski definition) is 1. The van der Waals surface area contributed by atoms with Crippen molar-refractivity contribution < 1.29 is 17.9 Å². The first kappa shape index (κ1) is 20.2. The summed E-state index contributed by atoms with van der Waals surface area (Å²) in [5.41, 5.74) is 3.46. The highest BCUT2D eigenvalue weighted by atomic mass is 32.2. The minimum atomic E-state index is -3.13. The predicted molar refractivity (Wildman–Crippen MR) is 116 cm³/mol. The van der Waals surface area contributed by atoms with Crippen molar-refractivity contribution in [3.05, 3.63) is 75.5 Å². The Hall–Kier alpha value is -3.04. The highest BCUT2D eigenvalue weighted by Crippen LogP contribution is 2.28. The van der Waals surface area contributed by atoms with Crippen molar-refractivity contribution in [2.75, 3.05) is 6.26 Å². The van der Waals surface area contributed by atoms with Gasteiger partial charge in [-0.15, -0.1) is 11.3 Å². The van der Waals surface area contributed by atoms with Crippen LogP contribution in [0, 0.1) is 5.21 Å². The van der Waals surface area contributed by atoms with Crippen molar-refractivity contribution in [1.82, 2.24) is 9.97 Å². The van der Waals surface area contributed by atoms with E-state index in [-0.39, 0.29) is 24.4 Å². The number of sulfone groups is 1. The molecule has 0 atom stereocenters. The number of aromatic nitrogens is 3. The zero-order chi connectivity index (χ0) is 21.3. The molecule has 0 aliphatic rings. The third-order valence-electron chi connectivity index (χ3n) is 4.60. The summed E-state index contributed by atoms with van der Waals surface area (Å²) in [6, 6.07) is 10.6. The number of hydrogen-bond acceptors (Lipinski definition) is 6. The molecule has 0 unspecified atom stereocenters. The van der Waals surface area contributed by atoms with E-state index in [1.165, 1.54) is 23.8 Å². The van der Waals surface area contributed by atoms with E-state index in [4.69, 9.17) is 0 Å². The zero-order valence-electron chi connectivity index (χ0n) is 16.2. The van der Waals surface area contributed by atoms with Crippen LogP contribution in [0.1, 0.15) is 16.1 Å². The number of ketones is 1. The van der Waals surface area contributed by atoms with E-state index in [1.54, 1.807) is 30.5 Å². The van der Waals surface area contributed by atoms with E-state index in [0.29, 0.717) is 16.2 Å². The van der Waals surface area contributed by atoms with Gasteiger partial charge in [-0.25, -0.2) is 23.1 Å². The van der Waals surface area contributed by atoms with E-state index < -0.39 is 9.84 Å². The highest BCUT2D eigenvalue weighted by molar-refractivity contribution is 7.89. The number of nitrogens with zero attached hydrogens (tertiary/aromatic N) is 2. The quantitative estimate of drug-likeness (QED) is 0.351. The Morgan fingerprint density at radius 1 is 1.20 bits per heavy atom. The number of benzene rings is 1. The molecule has 0 amide bonds. The number of rotatable bonds is 7. The lowest BCUT2D eigenvalue weighted by Gasteiger charge is -2.04. The summed E-state index contributed by atoms with van der Waals surface area (Å²) in [6.07, 6.45) is 4.78. The third kappa shape index (κ3) is 4.58. The van der Waals surface area contributed by atoms with Gasteiger partial charge >= 0.3 is 0 Å². The smallest absolute Gasteiger partial charge is 0.290 e. The number of H-pyrrole nitrogens is 1. The Balaban J connectivity index is 1.47. The molecule has 0 fully saturated rings. The van der Waals surface area contributed by atoms with E-state index in [2.05, 4.69) is 9.97 Å². The lowest BCUT2D eigenvalue weighted by atomic mass is 10.1. The molecule has 154 valence electrons. The third-order valence-corrected chi connectivity index (χ3v) is 6.31. The Labute approximate surface area is 177 Å². The Bertz CT molecular complexity index is 1340. The second-order valence-electron chi connectivity index (χ2n) is 7.21. The number of Topliss-reactive ketones (excluding diaryl/α,β-unsaturated/α-hetero) is 1. The van der Waals surface area contributed by atoms with Gasteiger partial charge in [0, 0.05) is 18.1 Å². The first-order chi connectivity index (χ1) is 14.3. The van der Waals surface area contributed by atoms with E-state index >= 15 is 0 Å². The summed E-state index contributed by atoms with van der Waals surface area (Å²) in [7, 11) is -3.13. The molecule has 0 saturated heterocycles. The molecule has 0 spiro atoms. The molecule has 1 N–H and O–H groups in total. The largest absolute Gasteiger partial charge is 0.711 e. The van der Waals surface area contributed by atoms with Gasteiger partial charge in [-0.3, -0.25) is 4.79 Å². The van der Waals surface area contributed by atoms with Crippen LogP contribution in [-0.2, 0) is 33.2 Å². The molecule has 7 nitrogen and oxygen atoms in total. The number of thiazole rings is 1. The normalized spacial score (nSPS) is 11.8. The molecule has 0 aliphatic carbocycles. The summed E-state index contributed by atoms with van der Waals surface area (Å²) >= 11 is 1.40. The van der Waals surface area contributed by atoms with Gasteiger partial charge in [0.25, 0.3) is 5.65 Å². The van der Waals surface area contributed by atoms with Gasteiger partial charge in [0.05, 0.1) is 41.2 Å².